The van der Waals surface area contributed by atoms with E-state index in [2.05, 4.69) is 5.16 Å². The van der Waals surface area contributed by atoms with Gasteiger partial charge in [0, 0.05) is 12.6 Å². The molecule has 1 fully saturated rings. The van der Waals surface area contributed by atoms with Crippen LogP contribution in [0, 0.1) is 0 Å². The molecule has 1 aliphatic rings. The summed E-state index contributed by atoms with van der Waals surface area (Å²) in [6, 6.07) is 1.47. The van der Waals surface area contributed by atoms with Gasteiger partial charge in [-0.3, -0.25) is 4.79 Å². The topological polar surface area (TPSA) is 66.6 Å². The summed E-state index contributed by atoms with van der Waals surface area (Å²) in [6.07, 6.45) is 3.23. The summed E-state index contributed by atoms with van der Waals surface area (Å²) in [5.74, 6) is 0.0596. The van der Waals surface area contributed by atoms with Crippen molar-refractivity contribution in [2.75, 3.05) is 13.2 Å². The summed E-state index contributed by atoms with van der Waals surface area (Å²) < 4.78 is 4.78. The lowest BCUT2D eigenvalue weighted by atomic mass is 10.2. The summed E-state index contributed by atoms with van der Waals surface area (Å²) in [7, 11) is 0. The highest BCUT2D eigenvalue weighted by Crippen LogP contribution is 2.19. The number of aliphatic hydroxyl groups is 1. The largest absolute Gasteiger partial charge is 0.394 e. The molecule has 1 amide bonds. The van der Waals surface area contributed by atoms with Crippen LogP contribution < -0.4 is 0 Å². The highest BCUT2D eigenvalue weighted by molar-refractivity contribution is 5.91. The smallest absolute Gasteiger partial charge is 0.292 e. The number of carbonyl (C=O) groups is 1. The second kappa shape index (κ2) is 3.79. The molecule has 1 unspecified atom stereocenters. The molecular weight excluding hydrogens is 184 g/mol. The Balaban J connectivity index is 2.11. The van der Waals surface area contributed by atoms with E-state index in [4.69, 9.17) is 9.63 Å². The molecule has 1 aliphatic heterocycles. The van der Waals surface area contributed by atoms with E-state index in [-0.39, 0.29) is 24.3 Å². The molecule has 1 aromatic rings. The fourth-order valence-electron chi connectivity index (χ4n) is 1.76. The molecule has 0 bridgehead atoms. The third-order valence-electron chi connectivity index (χ3n) is 2.50. The van der Waals surface area contributed by atoms with Crippen molar-refractivity contribution >= 4 is 5.91 Å². The second-order valence-electron chi connectivity index (χ2n) is 3.35. The maximum absolute atomic E-state index is 11.8. The van der Waals surface area contributed by atoms with Crippen LogP contribution in [-0.4, -0.2) is 40.3 Å². The van der Waals surface area contributed by atoms with Crippen molar-refractivity contribution in [1.82, 2.24) is 10.1 Å². The van der Waals surface area contributed by atoms with Crippen LogP contribution >= 0.6 is 0 Å². The van der Waals surface area contributed by atoms with Crippen LogP contribution in [-0.2, 0) is 0 Å². The molecule has 1 N–H and O–H groups in total. The number of hydrogen-bond acceptors (Lipinski definition) is 4. The molecule has 5 nitrogen and oxygen atoms in total. The minimum Gasteiger partial charge on any atom is -0.394 e. The van der Waals surface area contributed by atoms with Gasteiger partial charge in [0.25, 0.3) is 5.91 Å². The molecule has 2 rings (SSSR count). The normalized spacial score (nSPS) is 21.5. The van der Waals surface area contributed by atoms with E-state index in [9.17, 15) is 4.79 Å². The van der Waals surface area contributed by atoms with E-state index in [1.165, 1.54) is 12.3 Å². The van der Waals surface area contributed by atoms with Crippen LogP contribution in [0.3, 0.4) is 0 Å². The maximum atomic E-state index is 11.8. The van der Waals surface area contributed by atoms with Gasteiger partial charge in [0.05, 0.1) is 18.8 Å². The van der Waals surface area contributed by atoms with Crippen LogP contribution in [0.1, 0.15) is 23.4 Å². The molecule has 0 spiro atoms. The number of aromatic nitrogens is 1. The van der Waals surface area contributed by atoms with Crippen molar-refractivity contribution in [3.63, 3.8) is 0 Å². The third-order valence-corrected chi connectivity index (χ3v) is 2.50. The minimum absolute atomic E-state index is 0.0138. The van der Waals surface area contributed by atoms with E-state index in [1.807, 2.05) is 0 Å². The Morgan fingerprint density at radius 2 is 2.64 bits per heavy atom. The van der Waals surface area contributed by atoms with Crippen molar-refractivity contribution in [3.8, 4) is 0 Å². The average molecular weight is 196 g/mol. The zero-order chi connectivity index (χ0) is 9.97. The maximum Gasteiger partial charge on any atom is 0.292 e. The van der Waals surface area contributed by atoms with Gasteiger partial charge in [-0.2, -0.15) is 0 Å². The SMILES string of the molecule is O=C(c1ccno1)N1CCCC1CO. The second-order valence-corrected chi connectivity index (χ2v) is 3.35. The lowest BCUT2D eigenvalue weighted by Gasteiger charge is -2.21. The molecule has 0 aliphatic carbocycles. The molecule has 0 radical (unpaired) electrons. The zero-order valence-corrected chi connectivity index (χ0v) is 7.72. The first-order chi connectivity index (χ1) is 6.83. The third kappa shape index (κ3) is 1.50. The van der Waals surface area contributed by atoms with Gasteiger partial charge in [-0.25, -0.2) is 0 Å². The molecule has 14 heavy (non-hydrogen) atoms. The summed E-state index contributed by atoms with van der Waals surface area (Å²) >= 11 is 0. The molecular formula is C9H12N2O3. The van der Waals surface area contributed by atoms with Crippen molar-refractivity contribution < 1.29 is 14.4 Å². The van der Waals surface area contributed by atoms with Crippen LogP contribution in [0.15, 0.2) is 16.8 Å². The number of hydrogen-bond donors (Lipinski definition) is 1. The Bertz CT molecular complexity index is 310. The molecule has 1 saturated heterocycles. The number of amides is 1. The van der Waals surface area contributed by atoms with Gasteiger partial charge in [-0.1, -0.05) is 5.16 Å². The van der Waals surface area contributed by atoms with Gasteiger partial charge in [0.15, 0.2) is 0 Å². The number of nitrogens with zero attached hydrogens (tertiary/aromatic N) is 2. The van der Waals surface area contributed by atoms with Crippen molar-refractivity contribution in [2.45, 2.75) is 18.9 Å². The predicted octanol–water partition coefficient (Wildman–Crippen LogP) is 0.272. The lowest BCUT2D eigenvalue weighted by Crippen LogP contribution is -2.37. The van der Waals surface area contributed by atoms with E-state index in [0.29, 0.717) is 6.54 Å². The van der Waals surface area contributed by atoms with E-state index in [0.717, 1.165) is 12.8 Å². The fraction of sp³-hybridized carbons (Fsp3) is 0.556. The number of aliphatic hydroxyl groups excluding tert-OH is 1. The van der Waals surface area contributed by atoms with E-state index < -0.39 is 0 Å². The van der Waals surface area contributed by atoms with Crippen LogP contribution in [0.2, 0.25) is 0 Å². The summed E-state index contributed by atoms with van der Waals surface area (Å²) in [5, 5.41) is 12.5. The van der Waals surface area contributed by atoms with E-state index in [1.54, 1.807) is 4.90 Å². The Morgan fingerprint density at radius 1 is 1.79 bits per heavy atom. The van der Waals surface area contributed by atoms with Crippen molar-refractivity contribution in [1.29, 1.82) is 0 Å². The summed E-state index contributed by atoms with van der Waals surface area (Å²) in [4.78, 5) is 13.4. The first-order valence-electron chi connectivity index (χ1n) is 4.65. The van der Waals surface area contributed by atoms with Crippen LogP contribution in [0.25, 0.3) is 0 Å². The molecule has 1 atom stereocenters. The molecule has 1 aromatic heterocycles. The van der Waals surface area contributed by atoms with Gasteiger partial charge >= 0.3 is 0 Å². The molecule has 0 saturated carbocycles. The van der Waals surface area contributed by atoms with Gasteiger partial charge < -0.3 is 14.5 Å². The van der Waals surface area contributed by atoms with Crippen LogP contribution in [0.4, 0.5) is 0 Å². The number of carbonyl (C=O) groups excluding carboxylic acids is 1. The quantitative estimate of drug-likeness (QED) is 0.737. The molecule has 0 aromatic carbocycles. The average Bonchev–Trinajstić information content (AvgIpc) is 2.87. The van der Waals surface area contributed by atoms with Crippen LogP contribution in [0.5, 0.6) is 0 Å². The zero-order valence-electron chi connectivity index (χ0n) is 7.72. The van der Waals surface area contributed by atoms with Gasteiger partial charge in [-0.05, 0) is 12.8 Å². The summed E-state index contributed by atoms with van der Waals surface area (Å²) in [6.45, 7) is 0.699. The summed E-state index contributed by atoms with van der Waals surface area (Å²) in [5.41, 5.74) is 0. The fourth-order valence-corrected chi connectivity index (χ4v) is 1.76. The van der Waals surface area contributed by atoms with Crippen molar-refractivity contribution in [3.05, 3.63) is 18.0 Å². The van der Waals surface area contributed by atoms with E-state index >= 15 is 0 Å². The highest BCUT2D eigenvalue weighted by atomic mass is 16.5. The number of rotatable bonds is 2. The first kappa shape index (κ1) is 9.21. The molecule has 76 valence electrons. The van der Waals surface area contributed by atoms with Gasteiger partial charge in [-0.15, -0.1) is 0 Å². The highest BCUT2D eigenvalue weighted by Gasteiger charge is 2.30. The minimum atomic E-state index is -0.181. The van der Waals surface area contributed by atoms with Gasteiger partial charge in [0.1, 0.15) is 0 Å². The Labute approximate surface area is 81.3 Å². The molecule has 5 heteroatoms. The lowest BCUT2D eigenvalue weighted by molar-refractivity contribution is 0.0636. The molecule has 2 heterocycles. The van der Waals surface area contributed by atoms with Crippen molar-refractivity contribution in [2.24, 2.45) is 0 Å². The number of likely N-dealkylation sites (tertiary alicyclic amines) is 1. The Hall–Kier alpha value is -1.36. The monoisotopic (exact) mass is 196 g/mol. The Kier molecular flexibility index (Phi) is 2.49. The standard InChI is InChI=1S/C9H12N2O3/c12-6-7-2-1-5-11(7)9(13)8-3-4-10-14-8/h3-4,7,12H,1-2,5-6H2. The Morgan fingerprint density at radius 3 is 3.29 bits per heavy atom. The van der Waals surface area contributed by atoms with Gasteiger partial charge in [0.2, 0.25) is 5.76 Å². The first-order valence-corrected chi connectivity index (χ1v) is 4.65. The predicted molar refractivity (Wildman–Crippen MR) is 47.6 cm³/mol.